The maximum atomic E-state index is 11.8. The van der Waals surface area contributed by atoms with Gasteiger partial charge in [-0.2, -0.15) is 0 Å². The monoisotopic (exact) mass is 334 g/mol. The van der Waals surface area contributed by atoms with Crippen LogP contribution < -0.4 is 0 Å². The quantitative estimate of drug-likeness (QED) is 0.600. The number of ether oxygens (including phenoxy) is 1. The zero-order chi connectivity index (χ0) is 13.8. The van der Waals surface area contributed by atoms with E-state index in [9.17, 15) is 18.0 Å². The molecule has 0 saturated carbocycles. The lowest BCUT2D eigenvalue weighted by molar-refractivity contribution is -0.152. The van der Waals surface area contributed by atoms with Crippen molar-refractivity contribution in [3.8, 4) is 0 Å². The molecule has 0 spiro atoms. The molecule has 0 aliphatic heterocycles. The van der Waals surface area contributed by atoms with Crippen LogP contribution in [0.1, 0.15) is 6.92 Å². The van der Waals surface area contributed by atoms with Crippen LogP contribution in [-0.2, 0) is 24.2 Å². The Kier molecular flexibility index (Phi) is 5.03. The highest BCUT2D eigenvalue weighted by molar-refractivity contribution is 9.10. The van der Waals surface area contributed by atoms with E-state index in [1.165, 1.54) is 19.1 Å². The van der Waals surface area contributed by atoms with Crippen molar-refractivity contribution in [3.63, 3.8) is 0 Å². The van der Waals surface area contributed by atoms with Gasteiger partial charge in [0.1, 0.15) is 5.75 Å². The molecule has 1 rings (SSSR count). The zero-order valence-electron chi connectivity index (χ0n) is 9.55. The molecule has 0 unspecified atom stereocenters. The highest BCUT2D eigenvalue weighted by atomic mass is 79.9. The Morgan fingerprint density at radius 1 is 1.22 bits per heavy atom. The van der Waals surface area contributed by atoms with Gasteiger partial charge in [-0.3, -0.25) is 4.79 Å². The number of ketones is 1. The van der Waals surface area contributed by atoms with Gasteiger partial charge in [-0.25, -0.2) is 13.2 Å². The van der Waals surface area contributed by atoms with E-state index < -0.39 is 27.3 Å². The summed E-state index contributed by atoms with van der Waals surface area (Å²) in [6.07, 6.45) is 0. The Morgan fingerprint density at radius 3 is 2.28 bits per heavy atom. The minimum Gasteiger partial charge on any atom is -0.460 e. The molecule has 0 aromatic heterocycles. The molecule has 7 heteroatoms. The van der Waals surface area contributed by atoms with Gasteiger partial charge < -0.3 is 4.74 Å². The van der Waals surface area contributed by atoms with Crippen LogP contribution in [0.3, 0.4) is 0 Å². The van der Waals surface area contributed by atoms with Gasteiger partial charge in [0.2, 0.25) is 0 Å². The molecule has 0 bridgehead atoms. The third-order valence-electron chi connectivity index (χ3n) is 2.00. The van der Waals surface area contributed by atoms with E-state index in [0.717, 1.165) is 4.47 Å². The topological polar surface area (TPSA) is 77.5 Å². The summed E-state index contributed by atoms with van der Waals surface area (Å²) < 4.78 is 28.8. The smallest absolute Gasteiger partial charge is 0.375 e. The molecule has 0 radical (unpaired) electrons. The molecule has 0 fully saturated rings. The third-order valence-corrected chi connectivity index (χ3v) is 4.16. The molecule has 0 heterocycles. The fraction of sp³-hybridized carbons (Fsp3) is 0.273. The minimum absolute atomic E-state index is 0.0108. The molecule has 0 aliphatic carbocycles. The molecule has 0 N–H and O–H groups in total. The molecule has 1 aromatic rings. The normalized spacial score (nSPS) is 11.0. The van der Waals surface area contributed by atoms with Gasteiger partial charge >= 0.3 is 5.97 Å². The first-order chi connectivity index (χ1) is 8.36. The Balaban J connectivity index is 2.86. The van der Waals surface area contributed by atoms with Crippen molar-refractivity contribution in [3.05, 3.63) is 28.7 Å². The number of halogens is 1. The zero-order valence-corrected chi connectivity index (χ0v) is 12.0. The summed E-state index contributed by atoms with van der Waals surface area (Å²) >= 11 is 3.17. The Bertz CT molecular complexity index is 547. The summed E-state index contributed by atoms with van der Waals surface area (Å²) in [5, 5.41) is 0. The van der Waals surface area contributed by atoms with E-state index in [1.54, 1.807) is 12.1 Å². The first-order valence-electron chi connectivity index (χ1n) is 5.05. The van der Waals surface area contributed by atoms with Crippen molar-refractivity contribution in [2.45, 2.75) is 11.8 Å². The van der Waals surface area contributed by atoms with E-state index in [2.05, 4.69) is 20.7 Å². The lowest BCUT2D eigenvalue weighted by Crippen LogP contribution is -2.25. The fourth-order valence-electron chi connectivity index (χ4n) is 1.17. The van der Waals surface area contributed by atoms with Crippen molar-refractivity contribution in [2.75, 3.05) is 12.4 Å². The first-order valence-corrected chi connectivity index (χ1v) is 7.49. The molecule has 5 nitrogen and oxygen atoms in total. The van der Waals surface area contributed by atoms with Crippen LogP contribution in [0.15, 0.2) is 33.6 Å². The SMILES string of the molecule is CCOC(=O)C(=O)CS(=O)(=O)c1ccc(Br)cc1. The molecule has 18 heavy (non-hydrogen) atoms. The number of sulfone groups is 1. The molecular formula is C11H11BrO5S. The molecule has 0 saturated heterocycles. The summed E-state index contributed by atoms with van der Waals surface area (Å²) in [4.78, 5) is 22.4. The number of benzene rings is 1. The van der Waals surface area contributed by atoms with E-state index in [0.29, 0.717) is 0 Å². The lowest BCUT2D eigenvalue weighted by Gasteiger charge is -2.03. The van der Waals surface area contributed by atoms with Gasteiger partial charge in [0.05, 0.1) is 11.5 Å². The van der Waals surface area contributed by atoms with Gasteiger partial charge in [0, 0.05) is 4.47 Å². The number of hydrogen-bond acceptors (Lipinski definition) is 5. The number of carbonyl (C=O) groups is 2. The van der Waals surface area contributed by atoms with E-state index in [-0.39, 0.29) is 11.5 Å². The third kappa shape index (κ3) is 3.92. The van der Waals surface area contributed by atoms with E-state index in [4.69, 9.17) is 0 Å². The summed E-state index contributed by atoms with van der Waals surface area (Å²) in [7, 11) is -3.81. The molecule has 1 aromatic carbocycles. The molecule has 0 aliphatic rings. The largest absolute Gasteiger partial charge is 0.460 e. The second-order valence-corrected chi connectivity index (χ2v) is 6.26. The minimum atomic E-state index is -3.81. The van der Waals surface area contributed by atoms with Gasteiger partial charge in [-0.15, -0.1) is 0 Å². The van der Waals surface area contributed by atoms with Crippen LogP contribution in [0.5, 0.6) is 0 Å². The predicted octanol–water partition coefficient (Wildman–Crippen LogP) is 1.35. The molecule has 98 valence electrons. The second kappa shape index (κ2) is 6.10. The Labute approximate surface area is 113 Å². The second-order valence-electron chi connectivity index (χ2n) is 3.36. The number of hydrogen-bond donors (Lipinski definition) is 0. The van der Waals surface area contributed by atoms with Crippen LogP contribution in [0.25, 0.3) is 0 Å². The summed E-state index contributed by atoms with van der Waals surface area (Å²) in [5.41, 5.74) is 0. The standard InChI is InChI=1S/C11H11BrO5S/c1-2-17-11(14)10(13)7-18(15,16)9-5-3-8(12)4-6-9/h3-6H,2,7H2,1H3. The van der Waals surface area contributed by atoms with Crippen LogP contribution in [0.2, 0.25) is 0 Å². The van der Waals surface area contributed by atoms with Crippen molar-refractivity contribution >= 4 is 37.5 Å². The van der Waals surface area contributed by atoms with Crippen LogP contribution in [0, 0.1) is 0 Å². The number of Topliss-reactive ketones (excluding diaryl/α,β-unsaturated/α-hetero) is 1. The van der Waals surface area contributed by atoms with Crippen LogP contribution in [-0.4, -0.2) is 32.5 Å². The van der Waals surface area contributed by atoms with E-state index in [1.807, 2.05) is 0 Å². The van der Waals surface area contributed by atoms with Crippen molar-refractivity contribution in [2.24, 2.45) is 0 Å². The Morgan fingerprint density at radius 2 is 1.78 bits per heavy atom. The molecule has 0 amide bonds. The Hall–Kier alpha value is -1.21. The molecular weight excluding hydrogens is 324 g/mol. The van der Waals surface area contributed by atoms with Crippen molar-refractivity contribution in [1.82, 2.24) is 0 Å². The maximum Gasteiger partial charge on any atom is 0.375 e. The van der Waals surface area contributed by atoms with Crippen LogP contribution >= 0.6 is 15.9 Å². The van der Waals surface area contributed by atoms with E-state index >= 15 is 0 Å². The maximum absolute atomic E-state index is 11.8. The fourth-order valence-corrected chi connectivity index (χ4v) is 2.61. The molecule has 0 atom stereocenters. The lowest BCUT2D eigenvalue weighted by atomic mass is 10.4. The highest BCUT2D eigenvalue weighted by Gasteiger charge is 2.25. The van der Waals surface area contributed by atoms with Gasteiger partial charge in [-0.05, 0) is 31.2 Å². The number of rotatable bonds is 5. The average Bonchev–Trinajstić information content (AvgIpc) is 2.29. The first kappa shape index (κ1) is 14.8. The van der Waals surface area contributed by atoms with Crippen molar-refractivity contribution < 1.29 is 22.7 Å². The predicted molar refractivity (Wildman–Crippen MR) is 67.8 cm³/mol. The highest BCUT2D eigenvalue weighted by Crippen LogP contribution is 2.16. The summed E-state index contributed by atoms with van der Waals surface area (Å²) in [5.74, 6) is -3.08. The summed E-state index contributed by atoms with van der Waals surface area (Å²) in [6, 6.07) is 5.80. The summed E-state index contributed by atoms with van der Waals surface area (Å²) in [6.45, 7) is 1.57. The van der Waals surface area contributed by atoms with Gasteiger partial charge in [0.25, 0.3) is 5.78 Å². The number of carbonyl (C=O) groups excluding carboxylic acids is 2. The number of esters is 1. The average molecular weight is 335 g/mol. The van der Waals surface area contributed by atoms with Crippen molar-refractivity contribution in [1.29, 1.82) is 0 Å². The van der Waals surface area contributed by atoms with Gasteiger partial charge in [-0.1, -0.05) is 15.9 Å². The van der Waals surface area contributed by atoms with Gasteiger partial charge in [0.15, 0.2) is 9.84 Å². The van der Waals surface area contributed by atoms with Crippen LogP contribution in [0.4, 0.5) is 0 Å².